The molecule has 326 valence electrons. The van der Waals surface area contributed by atoms with Gasteiger partial charge in [-0.25, -0.2) is 0 Å². The van der Waals surface area contributed by atoms with Crippen molar-refractivity contribution in [2.24, 2.45) is 0 Å². The highest BCUT2D eigenvalue weighted by molar-refractivity contribution is 6.85. The zero-order valence-corrected chi connectivity index (χ0v) is 35.3. The molecule has 4 unspecified atom stereocenters. The molecule has 1 saturated heterocycles. The van der Waals surface area contributed by atoms with Gasteiger partial charge in [-0.3, -0.25) is 0 Å². The van der Waals surface area contributed by atoms with Gasteiger partial charge in [0.2, 0.25) is 0 Å². The molecule has 0 saturated carbocycles. The molecule has 4 atom stereocenters. The van der Waals surface area contributed by atoms with E-state index in [4.69, 9.17) is 59.5 Å². The maximum Gasteiger partial charge on any atom is 0.536 e. The second kappa shape index (κ2) is 32.6. The van der Waals surface area contributed by atoms with E-state index in [2.05, 4.69) is 0 Å². The third-order valence-electron chi connectivity index (χ3n) is 7.63. The summed E-state index contributed by atoms with van der Waals surface area (Å²) in [5.41, 5.74) is 0. The first-order valence-corrected chi connectivity index (χ1v) is 24.5. The van der Waals surface area contributed by atoms with Crippen molar-refractivity contribution in [3.8, 4) is 0 Å². The highest BCUT2D eigenvalue weighted by atomic mass is 28.5. The Labute approximate surface area is 337 Å². The first kappa shape index (κ1) is 60.4. The molecule has 0 aliphatic carbocycles. The lowest BCUT2D eigenvalue weighted by Crippen LogP contribution is -2.58. The standard InChI is InChI=1S/C14H26O7Si2.C9H20O5Si.C9H14O3Si.4CH4/c1-19-23(18,10-6-9-20-12-13(16)11-15)21-22(2,17)14-7-4-3-5-8-14;1-10-15(11-2,12-3)6-4-5-13-7-9-8-14-9;1-10-13(11-2,12-3)9-7-5-4-6-8-9;;;;/h3-5,7-8,13,15-18H,6,9-12H2,1-2H3;9H,4-8H2,1-3H3;4-8H,1-3H3;4*1H4. The minimum absolute atomic E-state index is 0. The van der Waals surface area contributed by atoms with Crippen LogP contribution in [0.5, 0.6) is 0 Å². The Balaban J connectivity index is -0.000000358. The summed E-state index contributed by atoms with van der Waals surface area (Å²) in [5, 5.41) is 19.4. The summed E-state index contributed by atoms with van der Waals surface area (Å²) >= 11 is 0. The molecule has 0 radical (unpaired) electrons. The number of ether oxygens (including phenoxy) is 3. The largest absolute Gasteiger partial charge is 0.536 e. The van der Waals surface area contributed by atoms with Crippen molar-refractivity contribution in [3.63, 3.8) is 0 Å². The number of hydrogen-bond donors (Lipinski definition) is 4. The lowest BCUT2D eigenvalue weighted by Gasteiger charge is -2.30. The third-order valence-corrected chi connectivity index (χ3v) is 19.0. The second-order valence-electron chi connectivity index (χ2n) is 11.3. The van der Waals surface area contributed by atoms with Gasteiger partial charge in [0, 0.05) is 80.3 Å². The predicted molar refractivity (Wildman–Crippen MR) is 226 cm³/mol. The summed E-state index contributed by atoms with van der Waals surface area (Å²) in [7, 11) is -0.707. The van der Waals surface area contributed by atoms with Gasteiger partial charge in [-0.05, 0) is 24.6 Å². The van der Waals surface area contributed by atoms with Crippen molar-refractivity contribution < 1.29 is 69.1 Å². The molecule has 0 amide bonds. The van der Waals surface area contributed by atoms with Crippen LogP contribution in [-0.4, -0.2) is 156 Å². The monoisotopic (exact) mass is 860 g/mol. The van der Waals surface area contributed by atoms with E-state index in [-0.39, 0.29) is 55.6 Å². The van der Waals surface area contributed by atoms with Gasteiger partial charge in [-0.15, -0.1) is 0 Å². The SMILES string of the molecule is C.C.C.C.CO[Si](CCCOCC1CO1)(OC)OC.CO[Si](O)(CCCOCC(O)CO)O[Si](C)(O)c1ccccc1.CO[Si](OC)(OC)c1ccccc1. The maximum atomic E-state index is 10.6. The van der Waals surface area contributed by atoms with Crippen LogP contribution >= 0.6 is 0 Å². The normalized spacial score (nSPS) is 16.0. The molecule has 1 aliphatic heterocycles. The highest BCUT2D eigenvalue weighted by Gasteiger charge is 2.45. The number of aliphatic hydroxyl groups is 2. The molecule has 55 heavy (non-hydrogen) atoms. The molecule has 0 spiro atoms. The Bertz CT molecular complexity index is 1120. The Morgan fingerprint density at radius 3 is 1.55 bits per heavy atom. The minimum Gasteiger partial charge on any atom is -0.408 e. The van der Waals surface area contributed by atoms with Gasteiger partial charge < -0.3 is 69.1 Å². The summed E-state index contributed by atoms with van der Waals surface area (Å²) in [6.07, 6.45) is 0.762. The van der Waals surface area contributed by atoms with Crippen LogP contribution in [0.25, 0.3) is 0 Å². The van der Waals surface area contributed by atoms with Crippen molar-refractivity contribution in [1.82, 2.24) is 0 Å². The fourth-order valence-electron chi connectivity index (χ4n) is 4.55. The number of rotatable bonds is 24. The van der Waals surface area contributed by atoms with Crippen LogP contribution in [0.3, 0.4) is 0 Å². The van der Waals surface area contributed by atoms with Crippen LogP contribution in [0, 0.1) is 0 Å². The van der Waals surface area contributed by atoms with Gasteiger partial charge >= 0.3 is 35.0 Å². The number of benzene rings is 2. The third kappa shape index (κ3) is 23.0. The topological polar surface area (TPSA) is 186 Å². The lowest BCUT2D eigenvalue weighted by molar-refractivity contribution is 0.00578. The van der Waals surface area contributed by atoms with Crippen LogP contribution in [0.2, 0.25) is 18.6 Å². The predicted octanol–water partition coefficient (Wildman–Crippen LogP) is 3.30. The molecule has 1 aliphatic rings. The zero-order valence-electron chi connectivity index (χ0n) is 31.3. The Hall–Kier alpha value is -1.29. The molecule has 0 bridgehead atoms. The summed E-state index contributed by atoms with van der Waals surface area (Å²) in [6, 6.07) is 19.7. The molecule has 3 rings (SSSR count). The molecule has 2 aromatic rings. The zero-order chi connectivity index (χ0) is 38.2. The van der Waals surface area contributed by atoms with Gasteiger partial charge in [0.05, 0.1) is 26.4 Å². The van der Waals surface area contributed by atoms with Crippen molar-refractivity contribution in [3.05, 3.63) is 60.7 Å². The molecule has 15 nitrogen and oxygen atoms in total. The van der Waals surface area contributed by atoms with Gasteiger partial charge in [0.15, 0.2) is 0 Å². The Morgan fingerprint density at radius 2 is 1.13 bits per heavy atom. The smallest absolute Gasteiger partial charge is 0.408 e. The lowest BCUT2D eigenvalue weighted by atomic mass is 10.4. The quantitative estimate of drug-likeness (QED) is 0.0685. The minimum atomic E-state index is -3.51. The maximum absolute atomic E-state index is 10.6. The van der Waals surface area contributed by atoms with E-state index in [9.17, 15) is 9.59 Å². The number of aliphatic hydroxyl groups excluding tert-OH is 2. The van der Waals surface area contributed by atoms with Crippen LogP contribution < -0.4 is 10.4 Å². The van der Waals surface area contributed by atoms with Gasteiger partial charge in [0.1, 0.15) is 12.2 Å². The van der Waals surface area contributed by atoms with E-state index < -0.39 is 41.1 Å². The Morgan fingerprint density at radius 1 is 0.673 bits per heavy atom. The van der Waals surface area contributed by atoms with Gasteiger partial charge in [-0.1, -0.05) is 90.4 Å². The first-order chi connectivity index (χ1) is 24.4. The molecule has 1 heterocycles. The van der Waals surface area contributed by atoms with E-state index in [1.54, 1.807) is 73.5 Å². The van der Waals surface area contributed by atoms with Crippen molar-refractivity contribution in [2.45, 2.75) is 73.4 Å². The van der Waals surface area contributed by atoms with E-state index in [0.29, 0.717) is 30.9 Å². The average Bonchev–Trinajstić information content (AvgIpc) is 4.00. The van der Waals surface area contributed by atoms with Crippen molar-refractivity contribution in [1.29, 1.82) is 0 Å². The molecular weight excluding hydrogens is 785 g/mol. The molecule has 4 N–H and O–H groups in total. The fraction of sp³-hybridized carbons (Fsp3) is 0.667. The van der Waals surface area contributed by atoms with Crippen LogP contribution in [0.1, 0.15) is 42.5 Å². The number of hydrogen-bond acceptors (Lipinski definition) is 15. The van der Waals surface area contributed by atoms with E-state index >= 15 is 0 Å². The summed E-state index contributed by atoms with van der Waals surface area (Å²) < 4.78 is 58.2. The molecular formula is C36H76O15Si4. The fourth-order valence-corrected chi connectivity index (χ4v) is 13.4. The van der Waals surface area contributed by atoms with Crippen LogP contribution in [-0.2, 0) is 49.3 Å². The van der Waals surface area contributed by atoms with Crippen LogP contribution in [0.15, 0.2) is 60.7 Å². The first-order valence-electron chi connectivity index (χ1n) is 16.6. The average molecular weight is 861 g/mol. The summed E-state index contributed by atoms with van der Waals surface area (Å²) in [6.45, 7) is 3.78. The molecule has 1 fully saturated rings. The Kier molecular flexibility index (Phi) is 35.8. The van der Waals surface area contributed by atoms with Gasteiger partial charge in [0.25, 0.3) is 0 Å². The van der Waals surface area contributed by atoms with Crippen molar-refractivity contribution in [2.75, 3.05) is 89.4 Å². The molecule has 19 heteroatoms. The highest BCUT2D eigenvalue weighted by Crippen LogP contribution is 2.18. The summed E-state index contributed by atoms with van der Waals surface area (Å²) in [5.74, 6) is 0. The molecule has 0 aromatic heterocycles. The van der Waals surface area contributed by atoms with Crippen molar-refractivity contribution >= 4 is 45.3 Å². The van der Waals surface area contributed by atoms with E-state index in [0.717, 1.165) is 24.3 Å². The second-order valence-corrected chi connectivity index (χ2v) is 23.0. The van der Waals surface area contributed by atoms with Gasteiger partial charge in [-0.2, -0.15) is 0 Å². The van der Waals surface area contributed by atoms with Crippen LogP contribution in [0.4, 0.5) is 0 Å². The number of epoxide rings is 1. The molecule has 2 aromatic carbocycles. The summed E-state index contributed by atoms with van der Waals surface area (Å²) in [4.78, 5) is 21.1. The van der Waals surface area contributed by atoms with E-state index in [1.807, 2.05) is 36.4 Å². The van der Waals surface area contributed by atoms with E-state index in [1.165, 1.54) is 7.11 Å².